The summed E-state index contributed by atoms with van der Waals surface area (Å²) in [7, 11) is 1.38. The van der Waals surface area contributed by atoms with Crippen LogP contribution in [0, 0.1) is 0 Å². The lowest BCUT2D eigenvalue weighted by molar-refractivity contribution is -0.218. The maximum atomic E-state index is 10.1. The highest BCUT2D eigenvalue weighted by Crippen LogP contribution is 2.38. The van der Waals surface area contributed by atoms with Crippen molar-refractivity contribution in [2.45, 2.75) is 74.9 Å². The zero-order chi connectivity index (χ0) is 18.4. The Kier molecular flexibility index (Phi) is 5.66. The van der Waals surface area contributed by atoms with Gasteiger partial charge in [0.15, 0.2) is 18.4 Å². The van der Waals surface area contributed by atoms with Crippen LogP contribution in [-0.2, 0) is 23.7 Å². The molecule has 10 heteroatoms. The molecular formula is C15H27NO9. The second-order valence-electron chi connectivity index (χ2n) is 7.01. The fourth-order valence-electron chi connectivity index (χ4n) is 3.53. The predicted molar refractivity (Wildman–Crippen MR) is 81.3 cm³/mol. The lowest BCUT2D eigenvalue weighted by Crippen LogP contribution is -2.53. The third kappa shape index (κ3) is 3.69. The average Bonchev–Trinajstić information content (AvgIpc) is 3.14. The highest BCUT2D eigenvalue weighted by Gasteiger charge is 2.56. The van der Waals surface area contributed by atoms with Crippen molar-refractivity contribution in [3.05, 3.63) is 0 Å². The number of ether oxygens (including phenoxy) is 5. The molecule has 0 aliphatic carbocycles. The predicted octanol–water partition coefficient (Wildman–Crippen LogP) is -2.73. The Balaban J connectivity index is 1.65. The van der Waals surface area contributed by atoms with Crippen LogP contribution in [0.15, 0.2) is 0 Å². The molecule has 5 N–H and O–H groups in total. The topological polar surface area (TPSA) is 139 Å². The quantitative estimate of drug-likeness (QED) is 0.337. The zero-order valence-electron chi connectivity index (χ0n) is 14.4. The maximum absolute atomic E-state index is 10.1. The fraction of sp³-hybridized carbons (Fsp3) is 1.00. The molecule has 0 unspecified atom stereocenters. The second-order valence-corrected chi connectivity index (χ2v) is 7.01. The third-order valence-corrected chi connectivity index (χ3v) is 4.76. The number of aliphatic hydroxyl groups excluding tert-OH is 4. The fourth-order valence-corrected chi connectivity index (χ4v) is 3.53. The summed E-state index contributed by atoms with van der Waals surface area (Å²) in [6.45, 7) is 3.20. The largest absolute Gasteiger partial charge is 0.394 e. The van der Waals surface area contributed by atoms with Crippen LogP contribution < -0.4 is 5.32 Å². The van der Waals surface area contributed by atoms with Gasteiger partial charge < -0.3 is 49.4 Å². The van der Waals surface area contributed by atoms with E-state index in [-0.39, 0.29) is 6.54 Å². The van der Waals surface area contributed by atoms with Crippen LogP contribution in [0.3, 0.4) is 0 Å². The van der Waals surface area contributed by atoms with Gasteiger partial charge in [-0.25, -0.2) is 0 Å². The van der Waals surface area contributed by atoms with Gasteiger partial charge in [-0.3, -0.25) is 0 Å². The van der Waals surface area contributed by atoms with Crippen LogP contribution in [-0.4, -0.2) is 102 Å². The first kappa shape index (κ1) is 19.4. The first-order valence-corrected chi connectivity index (χ1v) is 8.35. The van der Waals surface area contributed by atoms with Gasteiger partial charge in [0.1, 0.15) is 36.6 Å². The summed E-state index contributed by atoms with van der Waals surface area (Å²) in [4.78, 5) is 0. The number of hydrogen-bond acceptors (Lipinski definition) is 10. The molecule has 146 valence electrons. The molecule has 25 heavy (non-hydrogen) atoms. The summed E-state index contributed by atoms with van der Waals surface area (Å²) < 4.78 is 27.6. The molecule has 0 spiro atoms. The van der Waals surface area contributed by atoms with E-state index in [4.69, 9.17) is 23.7 Å². The molecule has 3 heterocycles. The van der Waals surface area contributed by atoms with Gasteiger partial charge in [0.05, 0.1) is 12.6 Å². The summed E-state index contributed by atoms with van der Waals surface area (Å²) in [5.41, 5.74) is 0. The van der Waals surface area contributed by atoms with E-state index in [9.17, 15) is 20.4 Å². The molecule has 3 aliphatic heterocycles. The summed E-state index contributed by atoms with van der Waals surface area (Å²) in [5, 5.41) is 42.3. The number of methoxy groups -OCH3 is 1. The van der Waals surface area contributed by atoms with E-state index >= 15 is 0 Å². The molecule has 3 fully saturated rings. The molecule has 3 aliphatic rings. The van der Waals surface area contributed by atoms with Crippen LogP contribution in [0.4, 0.5) is 0 Å². The van der Waals surface area contributed by atoms with Crippen molar-refractivity contribution in [1.29, 1.82) is 0 Å². The van der Waals surface area contributed by atoms with E-state index in [2.05, 4.69) is 5.32 Å². The number of nitrogens with one attached hydrogen (secondary N) is 1. The number of hydrogen-bond donors (Lipinski definition) is 5. The Bertz CT molecular complexity index is 464. The van der Waals surface area contributed by atoms with Crippen molar-refractivity contribution < 1.29 is 44.1 Å². The molecule has 0 aromatic rings. The van der Waals surface area contributed by atoms with E-state index in [1.165, 1.54) is 7.11 Å². The van der Waals surface area contributed by atoms with Gasteiger partial charge in [-0.1, -0.05) is 0 Å². The van der Waals surface area contributed by atoms with Gasteiger partial charge in [0.2, 0.25) is 0 Å². The minimum atomic E-state index is -1.15. The second kappa shape index (κ2) is 7.31. The van der Waals surface area contributed by atoms with Gasteiger partial charge >= 0.3 is 0 Å². The van der Waals surface area contributed by atoms with Crippen LogP contribution in [0.2, 0.25) is 0 Å². The number of aliphatic hydroxyl groups is 4. The first-order chi connectivity index (χ1) is 11.8. The van der Waals surface area contributed by atoms with Gasteiger partial charge in [0.25, 0.3) is 0 Å². The smallest absolute Gasteiger partial charge is 0.189 e. The van der Waals surface area contributed by atoms with Gasteiger partial charge in [-0.2, -0.15) is 0 Å². The van der Waals surface area contributed by atoms with Crippen molar-refractivity contribution in [3.63, 3.8) is 0 Å². The third-order valence-electron chi connectivity index (χ3n) is 4.76. The zero-order valence-corrected chi connectivity index (χ0v) is 14.4. The average molecular weight is 365 g/mol. The lowest BCUT2D eigenvalue weighted by atomic mass is 10.0. The molecule has 0 aromatic carbocycles. The molecule has 0 radical (unpaired) electrons. The van der Waals surface area contributed by atoms with Crippen LogP contribution in [0.5, 0.6) is 0 Å². The Labute approximate surface area is 145 Å². The normalized spacial score (nSPS) is 47.2. The van der Waals surface area contributed by atoms with Gasteiger partial charge in [0, 0.05) is 13.7 Å². The van der Waals surface area contributed by atoms with Gasteiger partial charge in [-0.05, 0) is 13.8 Å². The highest BCUT2D eigenvalue weighted by molar-refractivity contribution is 5.01. The highest BCUT2D eigenvalue weighted by atomic mass is 16.8. The minimum Gasteiger partial charge on any atom is -0.394 e. The Morgan fingerprint density at radius 3 is 2.48 bits per heavy atom. The number of rotatable bonds is 6. The molecule has 0 saturated carbocycles. The van der Waals surface area contributed by atoms with Crippen LogP contribution >= 0.6 is 0 Å². The minimum absolute atomic E-state index is 0.160. The molecule has 0 aromatic heterocycles. The molecule has 3 saturated heterocycles. The van der Waals surface area contributed by atoms with Crippen molar-refractivity contribution in [2.75, 3.05) is 20.3 Å². The maximum Gasteiger partial charge on any atom is 0.189 e. The monoisotopic (exact) mass is 365 g/mol. The van der Waals surface area contributed by atoms with Gasteiger partial charge in [-0.15, -0.1) is 0 Å². The van der Waals surface area contributed by atoms with E-state index in [0.29, 0.717) is 0 Å². The number of fused-ring (bicyclic) bond motifs is 1. The van der Waals surface area contributed by atoms with Crippen LogP contribution in [0.1, 0.15) is 13.8 Å². The first-order valence-electron chi connectivity index (χ1n) is 8.35. The van der Waals surface area contributed by atoms with Crippen molar-refractivity contribution in [1.82, 2.24) is 5.32 Å². The SMILES string of the molecule is CO[C@@H]1O[C@H](CN[C@H]2[C@H]3OC(C)(C)O[C@H]3O[C@@H]2[C@H](O)CO)[C@@H](O)[C@H]1O. The summed E-state index contributed by atoms with van der Waals surface area (Å²) in [6, 6.07) is -0.497. The summed E-state index contributed by atoms with van der Waals surface area (Å²) in [5.74, 6) is -0.828. The Morgan fingerprint density at radius 1 is 1.16 bits per heavy atom. The molecule has 0 amide bonds. The van der Waals surface area contributed by atoms with E-state index in [1.54, 1.807) is 13.8 Å². The summed E-state index contributed by atoms with van der Waals surface area (Å²) in [6.07, 6.45) is -6.92. The molecule has 0 bridgehead atoms. The van der Waals surface area contributed by atoms with Crippen molar-refractivity contribution >= 4 is 0 Å². The van der Waals surface area contributed by atoms with E-state index in [0.717, 1.165) is 0 Å². The molecule has 10 nitrogen and oxygen atoms in total. The molecular weight excluding hydrogens is 338 g/mol. The van der Waals surface area contributed by atoms with Crippen LogP contribution in [0.25, 0.3) is 0 Å². The van der Waals surface area contributed by atoms with Crippen molar-refractivity contribution in [2.24, 2.45) is 0 Å². The van der Waals surface area contributed by atoms with E-state index < -0.39 is 67.6 Å². The van der Waals surface area contributed by atoms with E-state index in [1.807, 2.05) is 0 Å². The standard InChI is InChI=1S/C15H27NO9/c1-15(2)24-12-8(11(6(18)5-17)23-14(12)25-15)16-4-7-9(19)10(20)13(21-3)22-7/h6-14,16-20H,4-5H2,1-3H3/t6-,7-,8-,9-,10-,11-,12-,13-,14-/m1/s1. The Hall–Kier alpha value is -0.400. The Morgan fingerprint density at radius 2 is 1.88 bits per heavy atom. The van der Waals surface area contributed by atoms with Crippen molar-refractivity contribution in [3.8, 4) is 0 Å². The molecule has 3 rings (SSSR count). The summed E-state index contributed by atoms with van der Waals surface area (Å²) >= 11 is 0. The lowest BCUT2D eigenvalue weighted by Gasteiger charge is -2.29. The molecule has 9 atom stereocenters.